The van der Waals surface area contributed by atoms with Gasteiger partial charge in [-0.15, -0.1) is 0 Å². The zero-order chi connectivity index (χ0) is 14.7. The summed E-state index contributed by atoms with van der Waals surface area (Å²) in [5.74, 6) is 0.274. The maximum absolute atomic E-state index is 11.4. The molecule has 5 nitrogen and oxygen atoms in total. The summed E-state index contributed by atoms with van der Waals surface area (Å²) < 4.78 is 2.21. The SMILES string of the molecule is O=C(NO)c1cc2ccn(CCC3CCCCC3)c2cn1. The van der Waals surface area contributed by atoms with Crippen LogP contribution in [0.5, 0.6) is 0 Å². The fourth-order valence-corrected chi connectivity index (χ4v) is 3.26. The van der Waals surface area contributed by atoms with Crippen molar-refractivity contribution in [1.29, 1.82) is 0 Å². The molecule has 1 fully saturated rings. The van der Waals surface area contributed by atoms with Gasteiger partial charge in [-0.05, 0) is 24.5 Å². The average Bonchev–Trinajstić information content (AvgIpc) is 2.95. The Morgan fingerprint density at radius 3 is 2.95 bits per heavy atom. The summed E-state index contributed by atoms with van der Waals surface area (Å²) in [5, 5.41) is 9.63. The molecule has 2 heterocycles. The molecule has 2 aromatic rings. The molecule has 2 aromatic heterocycles. The fourth-order valence-electron chi connectivity index (χ4n) is 3.26. The van der Waals surface area contributed by atoms with Crippen LogP contribution in [0.3, 0.4) is 0 Å². The summed E-state index contributed by atoms with van der Waals surface area (Å²) in [5.41, 5.74) is 2.89. The van der Waals surface area contributed by atoms with Gasteiger partial charge < -0.3 is 4.57 Å². The number of aryl methyl sites for hydroxylation is 1. The van der Waals surface area contributed by atoms with Crippen LogP contribution in [0.2, 0.25) is 0 Å². The van der Waals surface area contributed by atoms with Crippen LogP contribution in [0.25, 0.3) is 10.9 Å². The van der Waals surface area contributed by atoms with E-state index in [4.69, 9.17) is 5.21 Å². The number of nitrogens with zero attached hydrogens (tertiary/aromatic N) is 2. The molecule has 2 N–H and O–H groups in total. The van der Waals surface area contributed by atoms with Crippen LogP contribution in [0.15, 0.2) is 24.5 Å². The highest BCUT2D eigenvalue weighted by molar-refractivity contribution is 5.95. The van der Waals surface area contributed by atoms with E-state index in [1.54, 1.807) is 17.7 Å². The molecule has 0 aromatic carbocycles. The number of amides is 1. The highest BCUT2D eigenvalue weighted by Crippen LogP contribution is 2.27. The summed E-state index contributed by atoms with van der Waals surface area (Å²) in [6.45, 7) is 1.00. The van der Waals surface area contributed by atoms with Crippen molar-refractivity contribution in [3.63, 3.8) is 0 Å². The number of carbonyl (C=O) groups is 1. The largest absolute Gasteiger partial charge is 0.346 e. The first kappa shape index (κ1) is 14.1. The molecule has 0 radical (unpaired) electrons. The van der Waals surface area contributed by atoms with Gasteiger partial charge in [0.1, 0.15) is 5.69 Å². The molecule has 0 unspecified atom stereocenters. The summed E-state index contributed by atoms with van der Waals surface area (Å²) >= 11 is 0. The van der Waals surface area contributed by atoms with Crippen LogP contribution >= 0.6 is 0 Å². The standard InChI is InChI=1S/C16H21N3O2/c20-16(18-21)14-10-13-7-9-19(15(13)11-17-14)8-6-12-4-2-1-3-5-12/h7,9-12,21H,1-6,8H2,(H,18,20). The Kier molecular flexibility index (Phi) is 4.20. The minimum absolute atomic E-state index is 0.232. The molecule has 0 saturated heterocycles. The van der Waals surface area contributed by atoms with E-state index in [2.05, 4.69) is 15.7 Å². The normalized spacial score (nSPS) is 16.2. The van der Waals surface area contributed by atoms with Gasteiger partial charge in [-0.2, -0.15) is 0 Å². The number of hydrogen-bond acceptors (Lipinski definition) is 3. The van der Waals surface area contributed by atoms with E-state index in [1.165, 1.54) is 38.5 Å². The molecule has 112 valence electrons. The molecule has 1 saturated carbocycles. The van der Waals surface area contributed by atoms with Crippen molar-refractivity contribution in [1.82, 2.24) is 15.0 Å². The zero-order valence-electron chi connectivity index (χ0n) is 12.1. The van der Waals surface area contributed by atoms with Gasteiger partial charge in [-0.25, -0.2) is 10.5 Å². The molecule has 5 heteroatoms. The fraction of sp³-hybridized carbons (Fsp3) is 0.500. The first-order chi connectivity index (χ1) is 10.3. The van der Waals surface area contributed by atoms with Crippen LogP contribution in [-0.4, -0.2) is 20.7 Å². The molecule has 1 amide bonds. The van der Waals surface area contributed by atoms with E-state index < -0.39 is 5.91 Å². The molecular formula is C16H21N3O2. The third-order valence-corrected chi connectivity index (χ3v) is 4.49. The Hall–Kier alpha value is -1.88. The lowest BCUT2D eigenvalue weighted by atomic mass is 9.87. The third-order valence-electron chi connectivity index (χ3n) is 4.49. The first-order valence-corrected chi connectivity index (χ1v) is 7.67. The van der Waals surface area contributed by atoms with Gasteiger partial charge in [0, 0.05) is 18.1 Å². The lowest BCUT2D eigenvalue weighted by Gasteiger charge is -2.21. The molecule has 1 aliphatic carbocycles. The molecule has 1 aliphatic rings. The first-order valence-electron chi connectivity index (χ1n) is 7.67. The highest BCUT2D eigenvalue weighted by atomic mass is 16.5. The number of nitrogens with one attached hydrogen (secondary N) is 1. The summed E-state index contributed by atoms with van der Waals surface area (Å²) in [6, 6.07) is 3.70. The second kappa shape index (κ2) is 6.26. The van der Waals surface area contributed by atoms with Crippen molar-refractivity contribution in [3.05, 3.63) is 30.2 Å². The Bertz CT molecular complexity index is 629. The van der Waals surface area contributed by atoms with E-state index >= 15 is 0 Å². The maximum Gasteiger partial charge on any atom is 0.293 e. The molecule has 21 heavy (non-hydrogen) atoms. The number of pyridine rings is 1. The number of hydrogen-bond donors (Lipinski definition) is 2. The van der Waals surface area contributed by atoms with E-state index in [0.717, 1.165) is 23.4 Å². The monoisotopic (exact) mass is 287 g/mol. The van der Waals surface area contributed by atoms with Gasteiger partial charge in [0.15, 0.2) is 0 Å². The maximum atomic E-state index is 11.4. The minimum Gasteiger partial charge on any atom is -0.346 e. The number of fused-ring (bicyclic) bond motifs is 1. The molecule has 0 aliphatic heterocycles. The van der Waals surface area contributed by atoms with Gasteiger partial charge in [0.25, 0.3) is 5.91 Å². The quantitative estimate of drug-likeness (QED) is 0.670. The lowest BCUT2D eigenvalue weighted by molar-refractivity contribution is 0.0701. The van der Waals surface area contributed by atoms with E-state index in [9.17, 15) is 4.79 Å². The Morgan fingerprint density at radius 1 is 1.38 bits per heavy atom. The van der Waals surface area contributed by atoms with E-state index in [0.29, 0.717) is 0 Å². The predicted molar refractivity (Wildman–Crippen MR) is 80.2 cm³/mol. The Balaban J connectivity index is 1.72. The van der Waals surface area contributed by atoms with Gasteiger partial charge in [-0.1, -0.05) is 32.1 Å². The lowest BCUT2D eigenvalue weighted by Crippen LogP contribution is -2.19. The van der Waals surface area contributed by atoms with Crippen molar-refractivity contribution in [2.75, 3.05) is 0 Å². The predicted octanol–water partition coefficient (Wildman–Crippen LogP) is 3.13. The van der Waals surface area contributed by atoms with Crippen molar-refractivity contribution in [3.8, 4) is 0 Å². The number of carbonyl (C=O) groups excluding carboxylic acids is 1. The van der Waals surface area contributed by atoms with Gasteiger partial charge >= 0.3 is 0 Å². The summed E-state index contributed by atoms with van der Waals surface area (Å²) in [7, 11) is 0. The number of hydroxylamine groups is 1. The minimum atomic E-state index is -0.577. The van der Waals surface area contributed by atoms with E-state index in [-0.39, 0.29) is 5.69 Å². The van der Waals surface area contributed by atoms with Crippen LogP contribution in [0, 0.1) is 5.92 Å². The second-order valence-electron chi connectivity index (χ2n) is 5.87. The molecule has 0 bridgehead atoms. The van der Waals surface area contributed by atoms with Crippen LogP contribution in [0.1, 0.15) is 49.0 Å². The summed E-state index contributed by atoms with van der Waals surface area (Å²) in [6.07, 6.45) is 11.8. The van der Waals surface area contributed by atoms with Crippen molar-refractivity contribution < 1.29 is 10.0 Å². The van der Waals surface area contributed by atoms with Crippen LogP contribution in [-0.2, 0) is 6.54 Å². The van der Waals surface area contributed by atoms with E-state index in [1.807, 2.05) is 6.07 Å². The molecule has 0 atom stereocenters. The summed E-state index contributed by atoms with van der Waals surface area (Å²) in [4.78, 5) is 15.5. The van der Waals surface area contributed by atoms with Gasteiger partial charge in [0.2, 0.25) is 0 Å². The Morgan fingerprint density at radius 2 is 2.19 bits per heavy atom. The van der Waals surface area contributed by atoms with Gasteiger partial charge in [0.05, 0.1) is 11.7 Å². The Labute approximate surface area is 123 Å². The zero-order valence-corrected chi connectivity index (χ0v) is 12.1. The second-order valence-corrected chi connectivity index (χ2v) is 5.87. The number of rotatable bonds is 4. The molecular weight excluding hydrogens is 266 g/mol. The average molecular weight is 287 g/mol. The van der Waals surface area contributed by atoms with Gasteiger partial charge in [-0.3, -0.25) is 10.0 Å². The van der Waals surface area contributed by atoms with Crippen molar-refractivity contribution >= 4 is 16.8 Å². The van der Waals surface area contributed by atoms with Crippen molar-refractivity contribution in [2.24, 2.45) is 5.92 Å². The van der Waals surface area contributed by atoms with Crippen LogP contribution < -0.4 is 5.48 Å². The highest BCUT2D eigenvalue weighted by Gasteiger charge is 2.14. The molecule has 0 spiro atoms. The van der Waals surface area contributed by atoms with Crippen LogP contribution in [0.4, 0.5) is 0 Å². The molecule has 3 rings (SSSR count). The topological polar surface area (TPSA) is 67.2 Å². The van der Waals surface area contributed by atoms with Crippen molar-refractivity contribution in [2.45, 2.75) is 45.1 Å². The number of aromatic nitrogens is 2. The smallest absolute Gasteiger partial charge is 0.293 e. The third kappa shape index (κ3) is 3.08.